The van der Waals surface area contributed by atoms with Crippen molar-refractivity contribution in [3.05, 3.63) is 95.6 Å². The molecule has 0 heterocycles. The molecule has 1 saturated carbocycles. The molecule has 1 fully saturated rings. The Labute approximate surface area is 142 Å². The average Bonchev–Trinajstić information content (AvgIpc) is 3.18. The number of hydrogen-bond acceptors (Lipinski definition) is 2. The van der Waals surface area contributed by atoms with E-state index in [1.807, 2.05) is 42.6 Å². The minimum absolute atomic E-state index is 0.165. The van der Waals surface area contributed by atoms with Crippen molar-refractivity contribution in [2.24, 2.45) is 22.4 Å². The van der Waals surface area contributed by atoms with Crippen LogP contribution in [-0.4, -0.2) is 6.21 Å². The van der Waals surface area contributed by atoms with Crippen molar-refractivity contribution >= 4 is 6.21 Å². The SMILES string of the molecule is C1=C[C@]23C=C2[C@H]1C[C@H]3/C=N/OC(c1ccccc1)c1ccccc1. The Morgan fingerprint density at radius 1 is 1.00 bits per heavy atom. The van der Waals surface area contributed by atoms with Gasteiger partial charge >= 0.3 is 0 Å². The molecule has 118 valence electrons. The maximum atomic E-state index is 5.97. The molecule has 0 amide bonds. The van der Waals surface area contributed by atoms with Crippen LogP contribution in [0.1, 0.15) is 23.7 Å². The van der Waals surface area contributed by atoms with Gasteiger partial charge in [-0.05, 0) is 23.5 Å². The highest BCUT2D eigenvalue weighted by Crippen LogP contribution is 2.67. The van der Waals surface area contributed by atoms with Gasteiger partial charge in [-0.3, -0.25) is 0 Å². The van der Waals surface area contributed by atoms with E-state index in [-0.39, 0.29) is 11.5 Å². The standard InChI is InChI=1S/C22H19NO/c1-3-7-16(8-4-1)21(17-9-5-2-6-10-17)24-23-15-19-13-18-11-12-22(19)14-20(18)22/h1-12,14-15,18-19,21H,13H2/b23-15+/t18-,19+,22-/m1/s1. The Balaban J connectivity index is 1.36. The van der Waals surface area contributed by atoms with Crippen LogP contribution in [0.25, 0.3) is 0 Å². The Kier molecular flexibility index (Phi) is 2.99. The van der Waals surface area contributed by atoms with E-state index < -0.39 is 0 Å². The summed E-state index contributed by atoms with van der Waals surface area (Å²) in [6.45, 7) is 0. The van der Waals surface area contributed by atoms with E-state index in [1.165, 1.54) is 6.42 Å². The van der Waals surface area contributed by atoms with Gasteiger partial charge in [0.1, 0.15) is 0 Å². The van der Waals surface area contributed by atoms with Crippen molar-refractivity contribution in [3.8, 4) is 0 Å². The number of oxime groups is 1. The first-order chi connectivity index (χ1) is 11.9. The van der Waals surface area contributed by atoms with Crippen LogP contribution in [0.5, 0.6) is 0 Å². The van der Waals surface area contributed by atoms with Crippen LogP contribution in [0.4, 0.5) is 0 Å². The van der Waals surface area contributed by atoms with Crippen LogP contribution in [0, 0.1) is 17.3 Å². The van der Waals surface area contributed by atoms with Crippen LogP contribution >= 0.6 is 0 Å². The number of hydrogen-bond donors (Lipinski definition) is 0. The third-order valence-electron chi connectivity index (χ3n) is 5.55. The second-order valence-corrected chi connectivity index (χ2v) is 6.90. The summed E-state index contributed by atoms with van der Waals surface area (Å²) in [6, 6.07) is 20.6. The third kappa shape index (κ3) is 2.06. The molecule has 0 saturated heterocycles. The van der Waals surface area contributed by atoms with E-state index in [0.717, 1.165) is 11.1 Å². The van der Waals surface area contributed by atoms with Gasteiger partial charge in [0.25, 0.3) is 0 Å². The Morgan fingerprint density at radius 3 is 2.17 bits per heavy atom. The van der Waals surface area contributed by atoms with Crippen molar-refractivity contribution in [3.63, 3.8) is 0 Å². The molecule has 24 heavy (non-hydrogen) atoms. The minimum Gasteiger partial charge on any atom is -0.383 e. The molecule has 0 N–H and O–H groups in total. The Morgan fingerprint density at radius 2 is 1.67 bits per heavy atom. The first-order valence-electron chi connectivity index (χ1n) is 8.59. The normalized spacial score (nSPS) is 29.1. The molecular weight excluding hydrogens is 294 g/mol. The summed E-state index contributed by atoms with van der Waals surface area (Å²) >= 11 is 0. The summed E-state index contributed by atoms with van der Waals surface area (Å²) in [5, 5.41) is 4.40. The van der Waals surface area contributed by atoms with Gasteiger partial charge in [-0.25, -0.2) is 0 Å². The average molecular weight is 313 g/mol. The number of allylic oxidation sites excluding steroid dienone is 4. The predicted octanol–water partition coefficient (Wildman–Crippen LogP) is 4.91. The van der Waals surface area contributed by atoms with Crippen molar-refractivity contribution in [1.82, 2.24) is 0 Å². The van der Waals surface area contributed by atoms with E-state index >= 15 is 0 Å². The van der Waals surface area contributed by atoms with Gasteiger partial charge in [-0.2, -0.15) is 0 Å². The number of rotatable bonds is 5. The molecule has 2 heteroatoms. The van der Waals surface area contributed by atoms with Gasteiger partial charge in [-0.15, -0.1) is 0 Å². The molecule has 0 aromatic heterocycles. The van der Waals surface area contributed by atoms with Gasteiger partial charge in [-0.1, -0.05) is 89.6 Å². The highest BCUT2D eigenvalue weighted by molar-refractivity contribution is 5.73. The van der Waals surface area contributed by atoms with E-state index in [0.29, 0.717) is 11.8 Å². The fraction of sp³-hybridized carbons (Fsp3) is 0.227. The zero-order chi connectivity index (χ0) is 16.0. The highest BCUT2D eigenvalue weighted by atomic mass is 16.6. The summed E-state index contributed by atoms with van der Waals surface area (Å²) in [5.74, 6) is 1.12. The summed E-state index contributed by atoms with van der Waals surface area (Å²) in [4.78, 5) is 5.97. The lowest BCUT2D eigenvalue weighted by Crippen LogP contribution is -2.16. The van der Waals surface area contributed by atoms with E-state index in [2.05, 4.69) is 47.6 Å². The molecule has 3 aliphatic rings. The zero-order valence-corrected chi connectivity index (χ0v) is 13.4. The molecule has 0 spiro atoms. The highest BCUT2D eigenvalue weighted by Gasteiger charge is 2.59. The van der Waals surface area contributed by atoms with Crippen LogP contribution in [-0.2, 0) is 4.84 Å². The van der Waals surface area contributed by atoms with Crippen molar-refractivity contribution < 1.29 is 4.84 Å². The molecule has 2 bridgehead atoms. The summed E-state index contributed by atoms with van der Waals surface area (Å²) < 4.78 is 0. The number of nitrogens with zero attached hydrogens (tertiary/aromatic N) is 1. The van der Waals surface area contributed by atoms with E-state index in [4.69, 9.17) is 4.84 Å². The minimum atomic E-state index is -0.165. The van der Waals surface area contributed by atoms with Crippen molar-refractivity contribution in [2.45, 2.75) is 12.5 Å². The second-order valence-electron chi connectivity index (χ2n) is 6.90. The molecule has 0 aliphatic heterocycles. The fourth-order valence-electron chi connectivity index (χ4n) is 4.22. The zero-order valence-electron chi connectivity index (χ0n) is 13.4. The topological polar surface area (TPSA) is 21.6 Å². The largest absolute Gasteiger partial charge is 0.383 e. The van der Waals surface area contributed by atoms with Crippen LogP contribution < -0.4 is 0 Å². The maximum Gasteiger partial charge on any atom is 0.177 e. The molecule has 0 radical (unpaired) electrons. The molecule has 2 nitrogen and oxygen atoms in total. The molecule has 0 unspecified atom stereocenters. The Hall–Kier alpha value is -2.61. The van der Waals surface area contributed by atoms with Gasteiger partial charge in [0.05, 0.1) is 0 Å². The molecule has 3 atom stereocenters. The van der Waals surface area contributed by atoms with Crippen LogP contribution in [0.15, 0.2) is 89.6 Å². The van der Waals surface area contributed by atoms with Gasteiger partial charge in [0.15, 0.2) is 6.10 Å². The lowest BCUT2D eigenvalue weighted by atomic mass is 9.86. The molecule has 3 aliphatic carbocycles. The van der Waals surface area contributed by atoms with E-state index in [1.54, 1.807) is 5.57 Å². The fourth-order valence-corrected chi connectivity index (χ4v) is 4.22. The first-order valence-corrected chi connectivity index (χ1v) is 8.59. The lowest BCUT2D eigenvalue weighted by Gasteiger charge is -2.20. The second kappa shape index (κ2) is 5.20. The molecule has 2 aromatic carbocycles. The maximum absolute atomic E-state index is 5.97. The van der Waals surface area contributed by atoms with Crippen LogP contribution in [0.3, 0.4) is 0 Å². The smallest absolute Gasteiger partial charge is 0.177 e. The van der Waals surface area contributed by atoms with Gasteiger partial charge < -0.3 is 4.84 Å². The summed E-state index contributed by atoms with van der Waals surface area (Å²) in [6.07, 6.45) is 10.1. The monoisotopic (exact) mass is 313 g/mol. The van der Waals surface area contributed by atoms with Gasteiger partial charge in [0.2, 0.25) is 0 Å². The van der Waals surface area contributed by atoms with Crippen molar-refractivity contribution in [1.29, 1.82) is 0 Å². The molecular formula is C22H19NO. The van der Waals surface area contributed by atoms with Crippen LogP contribution in [0.2, 0.25) is 0 Å². The Bertz CT molecular complexity index is 797. The van der Waals surface area contributed by atoms with E-state index in [9.17, 15) is 0 Å². The third-order valence-corrected chi connectivity index (χ3v) is 5.55. The summed E-state index contributed by atoms with van der Waals surface area (Å²) in [7, 11) is 0. The predicted molar refractivity (Wildman–Crippen MR) is 95.6 cm³/mol. The quantitative estimate of drug-likeness (QED) is 0.436. The molecule has 5 rings (SSSR count). The van der Waals surface area contributed by atoms with Crippen molar-refractivity contribution in [2.75, 3.05) is 0 Å². The number of benzene rings is 2. The first kappa shape index (κ1) is 13.8. The lowest BCUT2D eigenvalue weighted by molar-refractivity contribution is 0.0872. The molecule has 2 aromatic rings. The van der Waals surface area contributed by atoms with Gasteiger partial charge in [0, 0.05) is 17.5 Å². The summed E-state index contributed by atoms with van der Waals surface area (Å²) in [5.41, 5.74) is 4.07.